The third kappa shape index (κ3) is 4.86. The zero-order valence-electron chi connectivity index (χ0n) is 24.4. The van der Waals surface area contributed by atoms with Crippen molar-refractivity contribution >= 4 is 5.97 Å². The van der Waals surface area contributed by atoms with Crippen molar-refractivity contribution in [1.29, 1.82) is 0 Å². The van der Waals surface area contributed by atoms with E-state index in [2.05, 4.69) is 34.6 Å². The zero-order valence-corrected chi connectivity index (χ0v) is 24.4. The minimum Gasteiger partial charge on any atom is -0.459 e. The van der Waals surface area contributed by atoms with Gasteiger partial charge in [-0.15, -0.1) is 0 Å². The Bertz CT molecular complexity index is 770. The highest BCUT2D eigenvalue weighted by atomic mass is 16.6. The third-order valence-corrected chi connectivity index (χ3v) is 11.6. The quantitative estimate of drug-likeness (QED) is 0.385. The standard InChI is InChI=1S/C32H57NO2/c1-21(2)12-11-13-22(3)27-31(8)19-17-25-24(16-15-23-14-9-10-18-30(23,25)7)26(31)20-32(27,33)28(34)35-29(4,5)6/h21-27H,9-20,33H2,1-8H3/t22-,23-,24-,25+,26+,27-,30+,31+,32?/m1/s1. The van der Waals surface area contributed by atoms with E-state index >= 15 is 0 Å². The molecule has 35 heavy (non-hydrogen) atoms. The summed E-state index contributed by atoms with van der Waals surface area (Å²) in [6, 6.07) is 0. The van der Waals surface area contributed by atoms with E-state index in [0.717, 1.165) is 30.1 Å². The lowest BCUT2D eigenvalue weighted by molar-refractivity contribution is -0.165. The monoisotopic (exact) mass is 487 g/mol. The molecule has 0 bridgehead atoms. The lowest BCUT2D eigenvalue weighted by Crippen LogP contribution is -2.58. The van der Waals surface area contributed by atoms with Gasteiger partial charge in [0.25, 0.3) is 0 Å². The van der Waals surface area contributed by atoms with Crippen LogP contribution in [0.1, 0.15) is 132 Å². The molecule has 1 unspecified atom stereocenters. The number of carbonyl (C=O) groups is 1. The molecule has 0 spiro atoms. The first-order chi connectivity index (χ1) is 16.2. The van der Waals surface area contributed by atoms with Crippen molar-refractivity contribution in [1.82, 2.24) is 0 Å². The van der Waals surface area contributed by atoms with E-state index in [1.807, 2.05) is 20.8 Å². The predicted octanol–water partition coefficient (Wildman–Crippen LogP) is 8.15. The molecule has 202 valence electrons. The molecule has 0 saturated heterocycles. The number of hydrogen-bond acceptors (Lipinski definition) is 3. The highest BCUT2D eigenvalue weighted by Gasteiger charge is 2.68. The first-order valence-electron chi connectivity index (χ1n) is 15.2. The summed E-state index contributed by atoms with van der Waals surface area (Å²) < 4.78 is 6.08. The number of carbonyl (C=O) groups excluding carboxylic acids is 1. The SMILES string of the molecule is CC(C)CCC[C@@H](C)[C@H]1C(N)(C(=O)OC(C)(C)C)C[C@H]2[C@@H]3CC[C@H]4CCCC[C@]4(C)[C@H]3CC[C@@]21C. The summed E-state index contributed by atoms with van der Waals surface area (Å²) in [6.45, 7) is 18.2. The average molecular weight is 488 g/mol. The molecule has 0 radical (unpaired) electrons. The fourth-order valence-corrected chi connectivity index (χ4v) is 10.2. The second-order valence-corrected chi connectivity index (χ2v) is 15.5. The molecule has 4 fully saturated rings. The van der Waals surface area contributed by atoms with Crippen molar-refractivity contribution in [3.63, 3.8) is 0 Å². The predicted molar refractivity (Wildman–Crippen MR) is 146 cm³/mol. The molecule has 4 aliphatic rings. The van der Waals surface area contributed by atoms with Crippen LogP contribution in [0, 0.1) is 52.3 Å². The maximum Gasteiger partial charge on any atom is 0.326 e. The van der Waals surface area contributed by atoms with Crippen LogP contribution in [0.5, 0.6) is 0 Å². The third-order valence-electron chi connectivity index (χ3n) is 11.6. The van der Waals surface area contributed by atoms with Crippen molar-refractivity contribution in [3.05, 3.63) is 0 Å². The highest BCUT2D eigenvalue weighted by Crippen LogP contribution is 2.70. The number of hydrogen-bond donors (Lipinski definition) is 1. The molecule has 3 nitrogen and oxygen atoms in total. The summed E-state index contributed by atoms with van der Waals surface area (Å²) in [5, 5.41) is 0. The highest BCUT2D eigenvalue weighted by molar-refractivity contribution is 5.82. The summed E-state index contributed by atoms with van der Waals surface area (Å²) in [6.07, 6.45) is 15.5. The van der Waals surface area contributed by atoms with E-state index in [4.69, 9.17) is 10.5 Å². The number of ether oxygens (including phenoxy) is 1. The Hall–Kier alpha value is -0.570. The molecule has 4 saturated carbocycles. The van der Waals surface area contributed by atoms with Crippen molar-refractivity contribution in [2.24, 2.45) is 58.0 Å². The largest absolute Gasteiger partial charge is 0.459 e. The number of rotatable bonds is 6. The number of fused-ring (bicyclic) bond motifs is 5. The van der Waals surface area contributed by atoms with Crippen molar-refractivity contribution in [3.8, 4) is 0 Å². The summed E-state index contributed by atoms with van der Waals surface area (Å²) in [4.78, 5) is 13.9. The maximum absolute atomic E-state index is 13.9. The van der Waals surface area contributed by atoms with Crippen LogP contribution in [0.2, 0.25) is 0 Å². The molecule has 3 heteroatoms. The van der Waals surface area contributed by atoms with Crippen LogP contribution in [-0.4, -0.2) is 17.1 Å². The van der Waals surface area contributed by atoms with E-state index in [-0.39, 0.29) is 17.3 Å². The topological polar surface area (TPSA) is 52.3 Å². The molecule has 0 aromatic carbocycles. The molecular formula is C32H57NO2. The van der Waals surface area contributed by atoms with Gasteiger partial charge < -0.3 is 10.5 Å². The first kappa shape index (κ1) is 27.5. The Kier molecular flexibility index (Phi) is 7.55. The second kappa shape index (κ2) is 9.63. The molecule has 0 aromatic heterocycles. The summed E-state index contributed by atoms with van der Waals surface area (Å²) in [7, 11) is 0. The second-order valence-electron chi connectivity index (χ2n) is 15.5. The first-order valence-corrected chi connectivity index (χ1v) is 15.2. The van der Waals surface area contributed by atoms with Crippen LogP contribution >= 0.6 is 0 Å². The number of esters is 1. The van der Waals surface area contributed by atoms with Crippen LogP contribution in [0.25, 0.3) is 0 Å². The van der Waals surface area contributed by atoms with Crippen LogP contribution in [-0.2, 0) is 9.53 Å². The van der Waals surface area contributed by atoms with Gasteiger partial charge in [0, 0.05) is 0 Å². The van der Waals surface area contributed by atoms with Gasteiger partial charge in [0.15, 0.2) is 0 Å². The average Bonchev–Trinajstić information content (AvgIpc) is 2.99. The van der Waals surface area contributed by atoms with E-state index in [1.54, 1.807) is 0 Å². The maximum atomic E-state index is 13.9. The molecule has 4 rings (SSSR count). The summed E-state index contributed by atoms with van der Waals surface area (Å²) >= 11 is 0. The normalized spacial score (nSPS) is 44.3. The zero-order chi connectivity index (χ0) is 25.8. The van der Waals surface area contributed by atoms with Gasteiger partial charge in [-0.1, -0.05) is 66.7 Å². The van der Waals surface area contributed by atoms with Gasteiger partial charge in [-0.05, 0) is 118 Å². The summed E-state index contributed by atoms with van der Waals surface area (Å²) in [5.41, 5.74) is 6.63. The Labute approximate surface area is 217 Å². The molecule has 0 aromatic rings. The Morgan fingerprint density at radius 1 is 0.943 bits per heavy atom. The van der Waals surface area contributed by atoms with Gasteiger partial charge in [0.1, 0.15) is 11.1 Å². The van der Waals surface area contributed by atoms with Gasteiger partial charge >= 0.3 is 5.97 Å². The van der Waals surface area contributed by atoms with Gasteiger partial charge in [-0.3, -0.25) is 4.79 Å². The Morgan fingerprint density at radius 3 is 2.31 bits per heavy atom. The van der Waals surface area contributed by atoms with Gasteiger partial charge in [0.2, 0.25) is 0 Å². The minimum absolute atomic E-state index is 0.129. The molecule has 0 heterocycles. The number of nitrogens with two attached hydrogens (primary N) is 1. The Balaban J connectivity index is 1.66. The van der Waals surface area contributed by atoms with E-state index in [1.165, 1.54) is 70.6 Å². The van der Waals surface area contributed by atoms with Crippen molar-refractivity contribution < 1.29 is 9.53 Å². The van der Waals surface area contributed by atoms with Crippen LogP contribution in [0.15, 0.2) is 0 Å². The van der Waals surface area contributed by atoms with E-state index < -0.39 is 11.1 Å². The molecule has 9 atom stereocenters. The van der Waals surface area contributed by atoms with Crippen molar-refractivity contribution in [2.45, 2.75) is 144 Å². The van der Waals surface area contributed by atoms with Gasteiger partial charge in [-0.25, -0.2) is 0 Å². The van der Waals surface area contributed by atoms with E-state index in [0.29, 0.717) is 17.3 Å². The van der Waals surface area contributed by atoms with Crippen LogP contribution in [0.4, 0.5) is 0 Å². The van der Waals surface area contributed by atoms with E-state index in [9.17, 15) is 4.79 Å². The Morgan fingerprint density at radius 2 is 1.66 bits per heavy atom. The molecular weight excluding hydrogens is 430 g/mol. The fourth-order valence-electron chi connectivity index (χ4n) is 10.2. The van der Waals surface area contributed by atoms with Gasteiger partial charge in [0.05, 0.1) is 0 Å². The smallest absolute Gasteiger partial charge is 0.326 e. The van der Waals surface area contributed by atoms with Crippen LogP contribution < -0.4 is 5.73 Å². The van der Waals surface area contributed by atoms with Crippen molar-refractivity contribution in [2.75, 3.05) is 0 Å². The molecule has 4 aliphatic carbocycles. The molecule has 2 N–H and O–H groups in total. The fraction of sp³-hybridized carbons (Fsp3) is 0.969. The summed E-state index contributed by atoms with van der Waals surface area (Å²) in [5.74, 6) is 4.27. The molecule has 0 amide bonds. The lowest BCUT2D eigenvalue weighted by Gasteiger charge is -2.60. The van der Waals surface area contributed by atoms with Crippen LogP contribution in [0.3, 0.4) is 0 Å². The lowest BCUT2D eigenvalue weighted by atomic mass is 9.44. The van der Waals surface area contributed by atoms with Gasteiger partial charge in [-0.2, -0.15) is 0 Å². The molecule has 0 aliphatic heterocycles. The minimum atomic E-state index is -0.858.